The van der Waals surface area contributed by atoms with Crippen LogP contribution in [0.3, 0.4) is 0 Å². The molecule has 0 bridgehead atoms. The van der Waals surface area contributed by atoms with E-state index in [1.54, 1.807) is 19.2 Å². The Morgan fingerprint density at radius 2 is 1.68 bits per heavy atom. The van der Waals surface area contributed by atoms with Crippen molar-refractivity contribution < 1.29 is 21.9 Å². The lowest BCUT2D eigenvalue weighted by atomic mass is 10.1. The normalized spacial score (nSPS) is 11.9. The number of halogens is 2. The first-order valence-corrected chi connectivity index (χ1v) is 12.4. The summed E-state index contributed by atoms with van der Waals surface area (Å²) in [7, 11) is -2.44. The van der Waals surface area contributed by atoms with Crippen molar-refractivity contribution in [2.45, 2.75) is 37.8 Å². The minimum atomic E-state index is -4.00. The summed E-state index contributed by atoms with van der Waals surface area (Å²) < 4.78 is 64.1. The topological polar surface area (TPSA) is 60.3 Å². The zero-order chi connectivity index (χ0) is 24.5. The maximum Gasteiger partial charge on any atom is 0.243 e. The van der Waals surface area contributed by atoms with Gasteiger partial charge in [0.25, 0.3) is 0 Å². The molecule has 1 aromatic heterocycles. The third-order valence-electron chi connectivity index (χ3n) is 5.71. The zero-order valence-electron chi connectivity index (χ0n) is 19.2. The second kappa shape index (κ2) is 9.56. The molecule has 3 aromatic carbocycles. The highest BCUT2D eigenvalue weighted by Crippen LogP contribution is 2.37. The van der Waals surface area contributed by atoms with Crippen LogP contribution in [0.15, 0.2) is 71.6 Å². The van der Waals surface area contributed by atoms with Crippen molar-refractivity contribution in [3.63, 3.8) is 0 Å². The predicted molar refractivity (Wildman–Crippen MR) is 129 cm³/mol. The first-order valence-electron chi connectivity index (χ1n) is 10.9. The molecule has 0 aliphatic carbocycles. The smallest absolute Gasteiger partial charge is 0.243 e. The first-order chi connectivity index (χ1) is 16.2. The van der Waals surface area contributed by atoms with Gasteiger partial charge in [0.15, 0.2) is 11.6 Å². The average Bonchev–Trinajstić information content (AvgIpc) is 3.15. The van der Waals surface area contributed by atoms with Crippen LogP contribution in [-0.2, 0) is 23.1 Å². The van der Waals surface area contributed by atoms with Crippen molar-refractivity contribution >= 4 is 20.9 Å². The summed E-state index contributed by atoms with van der Waals surface area (Å²) >= 11 is 0. The fraction of sp³-hybridized carbons (Fsp3) is 0.231. The van der Waals surface area contributed by atoms with Gasteiger partial charge in [-0.15, -0.1) is 0 Å². The second-order valence-electron chi connectivity index (χ2n) is 8.40. The molecular formula is C26H26F2N2O3S. The third kappa shape index (κ3) is 4.69. The van der Waals surface area contributed by atoms with Crippen LogP contribution in [0.2, 0.25) is 0 Å². The van der Waals surface area contributed by atoms with Gasteiger partial charge in [0, 0.05) is 30.2 Å². The molecule has 4 rings (SSSR count). The zero-order valence-corrected chi connectivity index (χ0v) is 20.0. The van der Waals surface area contributed by atoms with E-state index in [2.05, 4.69) is 4.72 Å². The third-order valence-corrected chi connectivity index (χ3v) is 7.20. The Bertz CT molecular complexity index is 1430. The Morgan fingerprint density at radius 3 is 2.32 bits per heavy atom. The number of ether oxygens (including phenoxy) is 1. The van der Waals surface area contributed by atoms with Crippen LogP contribution in [0, 0.1) is 11.6 Å². The quantitative estimate of drug-likeness (QED) is 0.355. The molecule has 0 unspecified atom stereocenters. The maximum absolute atomic E-state index is 13.6. The number of rotatable bonds is 8. The number of nitrogens with one attached hydrogen (secondary N) is 1. The van der Waals surface area contributed by atoms with Crippen molar-refractivity contribution in [2.24, 2.45) is 0 Å². The summed E-state index contributed by atoms with van der Waals surface area (Å²) in [5.41, 5.74) is 2.75. The number of fused-ring (bicyclic) bond motifs is 1. The molecule has 0 atom stereocenters. The Labute approximate surface area is 198 Å². The van der Waals surface area contributed by atoms with Crippen LogP contribution in [0.1, 0.15) is 36.6 Å². The Hall–Kier alpha value is -3.23. The van der Waals surface area contributed by atoms with Crippen molar-refractivity contribution in [1.29, 1.82) is 0 Å². The molecular weight excluding hydrogens is 458 g/mol. The molecule has 34 heavy (non-hydrogen) atoms. The number of benzene rings is 3. The molecule has 178 valence electrons. The number of hydrogen-bond acceptors (Lipinski definition) is 3. The number of hydrogen-bond donors (Lipinski definition) is 1. The average molecular weight is 485 g/mol. The molecule has 4 aromatic rings. The SMILES string of the molecule is COc1ccc2c(S(=O)(=O)NCc3ccc(F)c(F)c3)c(C(C)C)n(Cc3ccccc3)c2c1. The van der Waals surface area contributed by atoms with Crippen molar-refractivity contribution in [3.05, 3.63) is 95.2 Å². The highest BCUT2D eigenvalue weighted by molar-refractivity contribution is 7.89. The molecule has 0 saturated carbocycles. The molecule has 0 spiro atoms. The van der Waals surface area contributed by atoms with Gasteiger partial charge >= 0.3 is 0 Å². The van der Waals surface area contributed by atoms with E-state index in [1.807, 2.05) is 54.8 Å². The highest BCUT2D eigenvalue weighted by atomic mass is 32.2. The van der Waals surface area contributed by atoms with Gasteiger partial charge in [-0.3, -0.25) is 0 Å². The number of nitrogens with zero attached hydrogens (tertiary/aromatic N) is 1. The van der Waals surface area contributed by atoms with Crippen LogP contribution in [0.25, 0.3) is 10.9 Å². The molecule has 0 fully saturated rings. The van der Waals surface area contributed by atoms with E-state index in [0.717, 1.165) is 23.2 Å². The monoisotopic (exact) mass is 484 g/mol. The molecule has 0 saturated heterocycles. The van der Waals surface area contributed by atoms with Crippen LogP contribution in [0.5, 0.6) is 5.75 Å². The van der Waals surface area contributed by atoms with Crippen LogP contribution < -0.4 is 9.46 Å². The van der Waals surface area contributed by atoms with Gasteiger partial charge in [-0.1, -0.05) is 50.2 Å². The molecule has 8 heteroatoms. The van der Waals surface area contributed by atoms with E-state index < -0.39 is 21.7 Å². The predicted octanol–water partition coefficient (Wildman–Crippen LogP) is 5.58. The van der Waals surface area contributed by atoms with E-state index >= 15 is 0 Å². The maximum atomic E-state index is 13.6. The molecule has 0 aliphatic rings. The van der Waals surface area contributed by atoms with E-state index in [9.17, 15) is 17.2 Å². The number of methoxy groups -OCH3 is 1. The molecule has 0 aliphatic heterocycles. The Balaban J connectivity index is 1.85. The lowest BCUT2D eigenvalue weighted by molar-refractivity contribution is 0.415. The molecule has 5 nitrogen and oxygen atoms in total. The molecule has 1 heterocycles. The summed E-state index contributed by atoms with van der Waals surface area (Å²) in [5, 5.41) is 0.568. The highest BCUT2D eigenvalue weighted by Gasteiger charge is 2.29. The van der Waals surface area contributed by atoms with Gasteiger partial charge < -0.3 is 9.30 Å². The van der Waals surface area contributed by atoms with Gasteiger partial charge in [0.05, 0.1) is 12.6 Å². The van der Waals surface area contributed by atoms with Crippen LogP contribution >= 0.6 is 0 Å². The molecule has 0 radical (unpaired) electrons. The number of aromatic nitrogens is 1. The van der Waals surface area contributed by atoms with Crippen molar-refractivity contribution in [3.8, 4) is 5.75 Å². The van der Waals surface area contributed by atoms with Gasteiger partial charge in [-0.25, -0.2) is 21.9 Å². The van der Waals surface area contributed by atoms with Crippen LogP contribution in [0.4, 0.5) is 8.78 Å². The van der Waals surface area contributed by atoms with Crippen LogP contribution in [-0.4, -0.2) is 20.1 Å². The summed E-state index contributed by atoms with van der Waals surface area (Å²) in [5.74, 6) is -1.50. The van der Waals surface area contributed by atoms with Gasteiger partial charge in [-0.05, 0) is 41.3 Å². The standard InChI is InChI=1S/C26H26F2N2O3S/c1-17(2)25-26(34(31,32)29-15-19-9-12-22(27)23(28)13-19)21-11-10-20(33-3)14-24(21)30(25)16-18-7-5-4-6-8-18/h4-14,17,29H,15-16H2,1-3H3. The minimum Gasteiger partial charge on any atom is -0.497 e. The Morgan fingerprint density at radius 1 is 0.941 bits per heavy atom. The van der Waals surface area contributed by atoms with E-state index in [1.165, 1.54) is 6.07 Å². The largest absolute Gasteiger partial charge is 0.497 e. The second-order valence-corrected chi connectivity index (χ2v) is 10.1. The van der Waals surface area contributed by atoms with E-state index in [0.29, 0.717) is 28.9 Å². The van der Waals surface area contributed by atoms with E-state index in [-0.39, 0.29) is 17.4 Å². The lowest BCUT2D eigenvalue weighted by Crippen LogP contribution is -2.25. The van der Waals surface area contributed by atoms with Gasteiger partial charge in [0.1, 0.15) is 10.6 Å². The first kappa shape index (κ1) is 23.9. The number of sulfonamides is 1. The van der Waals surface area contributed by atoms with E-state index in [4.69, 9.17) is 4.74 Å². The molecule has 1 N–H and O–H groups in total. The summed E-state index contributed by atoms with van der Waals surface area (Å²) in [6.07, 6.45) is 0. The summed E-state index contributed by atoms with van der Waals surface area (Å²) in [6.45, 7) is 4.21. The fourth-order valence-corrected chi connectivity index (χ4v) is 5.72. The van der Waals surface area contributed by atoms with Gasteiger partial charge in [0.2, 0.25) is 10.0 Å². The Kier molecular flexibility index (Phi) is 6.72. The van der Waals surface area contributed by atoms with Crippen molar-refractivity contribution in [1.82, 2.24) is 9.29 Å². The summed E-state index contributed by atoms with van der Waals surface area (Å²) in [6, 6.07) is 18.4. The summed E-state index contributed by atoms with van der Waals surface area (Å²) in [4.78, 5) is 0.179. The molecule has 0 amide bonds. The lowest BCUT2D eigenvalue weighted by Gasteiger charge is -2.16. The van der Waals surface area contributed by atoms with Crippen molar-refractivity contribution in [2.75, 3.05) is 7.11 Å². The van der Waals surface area contributed by atoms with Gasteiger partial charge in [-0.2, -0.15) is 0 Å². The minimum absolute atomic E-state index is 0.114. The fourth-order valence-electron chi connectivity index (χ4n) is 4.14.